The summed E-state index contributed by atoms with van der Waals surface area (Å²) in [5, 5.41) is 12.3. The Labute approximate surface area is 324 Å². The maximum absolute atomic E-state index is 14.9. The molecule has 0 aliphatic carbocycles. The van der Waals surface area contributed by atoms with Crippen molar-refractivity contribution in [3.05, 3.63) is 75.7 Å². The summed E-state index contributed by atoms with van der Waals surface area (Å²) < 4.78 is 51.2. The minimum absolute atomic E-state index is 0.0501. The highest BCUT2D eigenvalue weighted by Gasteiger charge is 2.46. The summed E-state index contributed by atoms with van der Waals surface area (Å²) in [6.45, 7) is 20.7. The van der Waals surface area contributed by atoms with Crippen molar-refractivity contribution in [3.63, 3.8) is 0 Å². The minimum atomic E-state index is -4.07. The third kappa shape index (κ3) is 7.63. The fourth-order valence-corrected chi connectivity index (χ4v) is 9.92. The molecule has 3 aromatic heterocycles. The van der Waals surface area contributed by atoms with Crippen LogP contribution in [-0.4, -0.2) is 107 Å². The molecule has 296 valence electrons. The lowest BCUT2D eigenvalue weighted by Gasteiger charge is -2.38. The molecule has 14 heteroatoms. The number of aryl methyl sites for hydroxylation is 4. The lowest BCUT2D eigenvalue weighted by atomic mass is 9.68. The number of morpholine rings is 1. The topological polar surface area (TPSA) is 140 Å². The Morgan fingerprint density at radius 3 is 2.40 bits per heavy atom. The van der Waals surface area contributed by atoms with Gasteiger partial charge in [0, 0.05) is 62.6 Å². The number of pyridine rings is 2. The molecule has 3 aliphatic heterocycles. The zero-order valence-corrected chi connectivity index (χ0v) is 34.3. The van der Waals surface area contributed by atoms with Crippen molar-refractivity contribution < 1.29 is 27.4 Å². The lowest BCUT2D eigenvalue weighted by Crippen LogP contribution is -2.50. The van der Waals surface area contributed by atoms with Crippen LogP contribution in [-0.2, 0) is 30.8 Å². The largest absolute Gasteiger partial charge is 0.468 e. The molecule has 1 N–H and O–H groups in total. The quantitative estimate of drug-likeness (QED) is 0.223. The number of fused-ring (bicyclic) bond motifs is 2. The summed E-state index contributed by atoms with van der Waals surface area (Å²) in [4.78, 5) is 20.7. The smallest absolute Gasteiger partial charge is 0.248 e. The number of ketones is 1. The molecule has 13 nitrogen and oxygen atoms in total. The number of Topliss-reactive ketones (excluding diaryl/α,β-unsaturated/α-hetero) is 1. The van der Waals surface area contributed by atoms with E-state index in [9.17, 15) is 13.2 Å². The Balaban J connectivity index is 1.26. The Kier molecular flexibility index (Phi) is 10.8. The van der Waals surface area contributed by atoms with E-state index in [2.05, 4.69) is 45.5 Å². The number of nitrogens with one attached hydrogen (secondary N) is 1. The predicted molar refractivity (Wildman–Crippen MR) is 210 cm³/mol. The van der Waals surface area contributed by atoms with Crippen LogP contribution < -0.4 is 10.1 Å². The van der Waals surface area contributed by atoms with E-state index in [1.165, 1.54) is 0 Å². The van der Waals surface area contributed by atoms with E-state index < -0.39 is 21.0 Å². The normalized spacial score (nSPS) is 20.1. The maximum atomic E-state index is 14.9. The summed E-state index contributed by atoms with van der Waals surface area (Å²) in [5.41, 5.74) is 4.53. The van der Waals surface area contributed by atoms with Crippen molar-refractivity contribution in [2.24, 2.45) is 5.41 Å². The minimum Gasteiger partial charge on any atom is -0.468 e. The molecule has 2 atom stereocenters. The number of ether oxygens (including phenoxy) is 3. The summed E-state index contributed by atoms with van der Waals surface area (Å²) in [5.74, 6) is 1.24. The van der Waals surface area contributed by atoms with Gasteiger partial charge >= 0.3 is 0 Å². The van der Waals surface area contributed by atoms with Crippen LogP contribution >= 0.6 is 0 Å². The molecule has 1 aromatic carbocycles. The third-order valence-corrected chi connectivity index (χ3v) is 13.8. The molecular formula is C41H55N7O6S. The molecule has 1 unspecified atom stereocenters. The number of aromatic nitrogens is 4. The summed E-state index contributed by atoms with van der Waals surface area (Å²) in [7, 11) is -4.07. The lowest BCUT2D eigenvalue weighted by molar-refractivity contribution is -0.125. The average molecular weight is 774 g/mol. The highest BCUT2D eigenvalue weighted by Crippen LogP contribution is 2.45. The summed E-state index contributed by atoms with van der Waals surface area (Å²) in [6.07, 6.45) is 3.02. The molecule has 2 saturated heterocycles. The molecule has 7 rings (SSSR count). The number of anilines is 1. The van der Waals surface area contributed by atoms with Crippen LogP contribution in [0.3, 0.4) is 0 Å². The van der Waals surface area contributed by atoms with Gasteiger partial charge in [0.1, 0.15) is 27.9 Å². The van der Waals surface area contributed by atoms with Gasteiger partial charge < -0.3 is 19.5 Å². The fraction of sp³-hybridized carbons (Fsp3) is 0.561. The standard InChI is InChI=1S/C41H55N7O6S/c1-26-9-10-32(36(40(7,8)30(5)49)34-11-14-48-31(6)44-45-38(48)29(34)4)22-33(26)24-47-25-41(12-17-52-18-13-41)54-39-35(55(47,50)51)21-27(2)37(43-39)42-28(3)23-46-15-19-53-20-16-46/h9-11,14,21-22,28,36H,12-13,15-20,23-25H2,1-8H3,(H,42,43)/t28?,36-/m1/s1. The van der Waals surface area contributed by atoms with E-state index in [0.29, 0.717) is 31.9 Å². The van der Waals surface area contributed by atoms with Crippen LogP contribution in [0.25, 0.3) is 5.65 Å². The van der Waals surface area contributed by atoms with Crippen molar-refractivity contribution in [2.45, 2.75) is 97.2 Å². The van der Waals surface area contributed by atoms with E-state index in [1.807, 2.05) is 58.2 Å². The molecule has 55 heavy (non-hydrogen) atoms. The van der Waals surface area contributed by atoms with Gasteiger partial charge in [0.15, 0.2) is 5.65 Å². The highest BCUT2D eigenvalue weighted by atomic mass is 32.2. The SMILES string of the molecule is CC(=O)C(C)(C)[C@H](c1ccc(C)c(CN2CC3(CCOCC3)Oc3nc(NC(C)CN4CCOCC4)c(C)cc3S2(=O)=O)c1)c1ccn2c(C)nnc2c1C. The molecule has 6 heterocycles. The number of hydrogen-bond donors (Lipinski definition) is 1. The van der Waals surface area contributed by atoms with Gasteiger partial charge in [-0.25, -0.2) is 8.42 Å². The number of nitrogens with zero attached hydrogens (tertiary/aromatic N) is 6. The third-order valence-electron chi connectivity index (χ3n) is 12.0. The average Bonchev–Trinajstić information content (AvgIpc) is 3.49. The van der Waals surface area contributed by atoms with Gasteiger partial charge in [-0.05, 0) is 87.1 Å². The van der Waals surface area contributed by atoms with Crippen LogP contribution in [0.15, 0.2) is 41.4 Å². The van der Waals surface area contributed by atoms with Crippen molar-refractivity contribution in [1.29, 1.82) is 0 Å². The molecule has 0 bridgehead atoms. The zero-order chi connectivity index (χ0) is 39.3. The van der Waals surface area contributed by atoms with E-state index >= 15 is 0 Å². The molecule has 0 amide bonds. The van der Waals surface area contributed by atoms with Crippen molar-refractivity contribution >= 4 is 27.3 Å². The first kappa shape index (κ1) is 39.3. The summed E-state index contributed by atoms with van der Waals surface area (Å²) in [6, 6.07) is 9.99. The molecular weight excluding hydrogens is 719 g/mol. The first-order valence-corrected chi connectivity index (χ1v) is 20.8. The van der Waals surface area contributed by atoms with Gasteiger partial charge in [-0.3, -0.25) is 14.1 Å². The van der Waals surface area contributed by atoms with Crippen LogP contribution in [0.5, 0.6) is 5.88 Å². The predicted octanol–water partition coefficient (Wildman–Crippen LogP) is 5.37. The first-order valence-electron chi connectivity index (χ1n) is 19.4. The second-order valence-corrected chi connectivity index (χ2v) is 18.2. The number of hydrogen-bond acceptors (Lipinski definition) is 11. The zero-order valence-electron chi connectivity index (χ0n) is 33.4. The van der Waals surface area contributed by atoms with Gasteiger partial charge in [0.05, 0.1) is 33.0 Å². The van der Waals surface area contributed by atoms with E-state index in [1.54, 1.807) is 17.3 Å². The Morgan fingerprint density at radius 1 is 0.982 bits per heavy atom. The number of carbonyl (C=O) groups excluding carboxylic acids is 1. The molecule has 2 fully saturated rings. The van der Waals surface area contributed by atoms with Crippen molar-refractivity contribution in [1.82, 2.24) is 28.8 Å². The Bertz CT molecular complexity index is 2190. The van der Waals surface area contributed by atoms with Crippen LogP contribution in [0.4, 0.5) is 5.82 Å². The van der Waals surface area contributed by atoms with Gasteiger partial charge in [0.25, 0.3) is 0 Å². The maximum Gasteiger partial charge on any atom is 0.248 e. The van der Waals surface area contributed by atoms with Gasteiger partial charge in [-0.2, -0.15) is 9.29 Å². The second-order valence-electron chi connectivity index (χ2n) is 16.3. The monoisotopic (exact) mass is 773 g/mol. The van der Waals surface area contributed by atoms with E-state index in [-0.39, 0.29) is 41.6 Å². The Hall–Kier alpha value is -3.95. The number of sulfonamides is 1. The molecule has 1 spiro atoms. The van der Waals surface area contributed by atoms with Gasteiger partial charge in [-0.15, -0.1) is 10.2 Å². The first-order chi connectivity index (χ1) is 26.1. The van der Waals surface area contributed by atoms with Crippen LogP contribution in [0, 0.1) is 33.1 Å². The molecule has 0 saturated carbocycles. The van der Waals surface area contributed by atoms with E-state index in [0.717, 1.165) is 77.7 Å². The van der Waals surface area contributed by atoms with Crippen LogP contribution in [0.1, 0.15) is 85.7 Å². The van der Waals surface area contributed by atoms with Crippen molar-refractivity contribution in [2.75, 3.05) is 57.9 Å². The molecule has 0 radical (unpaired) electrons. The second kappa shape index (κ2) is 15.2. The molecule has 3 aliphatic rings. The fourth-order valence-electron chi connectivity index (χ4n) is 8.30. The van der Waals surface area contributed by atoms with Crippen molar-refractivity contribution in [3.8, 4) is 5.88 Å². The Morgan fingerprint density at radius 2 is 1.69 bits per heavy atom. The summed E-state index contributed by atoms with van der Waals surface area (Å²) >= 11 is 0. The number of benzene rings is 1. The van der Waals surface area contributed by atoms with Gasteiger partial charge in [0.2, 0.25) is 15.9 Å². The number of carbonyl (C=O) groups is 1. The molecule has 4 aromatic rings. The van der Waals surface area contributed by atoms with Crippen LogP contribution in [0.2, 0.25) is 0 Å². The number of rotatable bonds is 10. The highest BCUT2D eigenvalue weighted by molar-refractivity contribution is 7.89. The van der Waals surface area contributed by atoms with E-state index in [4.69, 9.17) is 19.2 Å². The van der Waals surface area contributed by atoms with Gasteiger partial charge in [-0.1, -0.05) is 32.0 Å².